The third-order valence-electron chi connectivity index (χ3n) is 4.50. The van der Waals surface area contributed by atoms with E-state index in [2.05, 4.69) is 28.7 Å². The number of benzene rings is 1. The molecule has 2 atom stereocenters. The predicted octanol–water partition coefficient (Wildman–Crippen LogP) is 2.81. The molecule has 5 heteroatoms. The smallest absolute Gasteiger partial charge is 0.335 e. The molecule has 0 radical (unpaired) electrons. The minimum absolute atomic E-state index is 0.257. The minimum atomic E-state index is -0.933. The third-order valence-corrected chi connectivity index (χ3v) is 4.50. The maximum absolute atomic E-state index is 11.1. The van der Waals surface area contributed by atoms with Gasteiger partial charge in [0.2, 0.25) is 0 Å². The summed E-state index contributed by atoms with van der Waals surface area (Å²) < 4.78 is 0. The van der Waals surface area contributed by atoms with Crippen molar-refractivity contribution < 1.29 is 9.90 Å². The SMILES string of the molecule is CC1CCN(c2ncnc3cc(C(=O)O)ccc23)CC1C. The highest BCUT2D eigenvalue weighted by atomic mass is 16.4. The van der Waals surface area contributed by atoms with Crippen LogP contribution in [0.3, 0.4) is 0 Å². The van der Waals surface area contributed by atoms with Gasteiger partial charge in [-0.05, 0) is 36.5 Å². The molecule has 1 aliphatic heterocycles. The normalized spacial score (nSPS) is 22.5. The van der Waals surface area contributed by atoms with Crippen LogP contribution in [0.4, 0.5) is 5.82 Å². The van der Waals surface area contributed by atoms with Crippen LogP contribution in [0.25, 0.3) is 10.9 Å². The van der Waals surface area contributed by atoms with Crippen molar-refractivity contribution in [2.75, 3.05) is 18.0 Å². The Balaban J connectivity index is 2.01. The van der Waals surface area contributed by atoms with Gasteiger partial charge in [-0.25, -0.2) is 14.8 Å². The molecule has 1 aliphatic rings. The van der Waals surface area contributed by atoms with E-state index >= 15 is 0 Å². The van der Waals surface area contributed by atoms with E-state index in [9.17, 15) is 4.79 Å². The van der Waals surface area contributed by atoms with Crippen molar-refractivity contribution in [3.8, 4) is 0 Å². The lowest BCUT2D eigenvalue weighted by Crippen LogP contribution is -2.39. The lowest BCUT2D eigenvalue weighted by atomic mass is 9.88. The minimum Gasteiger partial charge on any atom is -0.478 e. The topological polar surface area (TPSA) is 66.3 Å². The van der Waals surface area contributed by atoms with Gasteiger partial charge in [0.05, 0.1) is 11.1 Å². The van der Waals surface area contributed by atoms with Gasteiger partial charge in [-0.3, -0.25) is 0 Å². The second-order valence-corrected chi connectivity index (χ2v) is 5.92. The molecule has 0 saturated carbocycles. The molecule has 2 unspecified atom stereocenters. The molecule has 5 nitrogen and oxygen atoms in total. The summed E-state index contributed by atoms with van der Waals surface area (Å²) in [7, 11) is 0. The first kappa shape index (κ1) is 13.8. The van der Waals surface area contributed by atoms with Crippen LogP contribution in [-0.4, -0.2) is 34.1 Å². The maximum Gasteiger partial charge on any atom is 0.335 e. The zero-order valence-corrected chi connectivity index (χ0v) is 12.3. The number of carboxylic acid groups (broad SMARTS) is 1. The average molecular weight is 285 g/mol. The van der Waals surface area contributed by atoms with Gasteiger partial charge < -0.3 is 10.0 Å². The van der Waals surface area contributed by atoms with E-state index in [0.29, 0.717) is 11.4 Å². The fraction of sp³-hybridized carbons (Fsp3) is 0.438. The Kier molecular flexibility index (Phi) is 3.49. The second kappa shape index (κ2) is 5.31. The standard InChI is InChI=1S/C16H19N3O2/c1-10-5-6-19(8-11(10)2)15-13-4-3-12(16(20)21)7-14(13)17-9-18-15/h3-4,7,9-11H,5-6,8H2,1-2H3,(H,20,21). The first-order chi connectivity index (χ1) is 10.1. The van der Waals surface area contributed by atoms with Crippen LogP contribution in [0.15, 0.2) is 24.5 Å². The number of aromatic nitrogens is 2. The Morgan fingerprint density at radius 3 is 2.81 bits per heavy atom. The molecule has 21 heavy (non-hydrogen) atoms. The molecule has 0 spiro atoms. The number of fused-ring (bicyclic) bond motifs is 1. The molecule has 0 aliphatic carbocycles. The van der Waals surface area contributed by atoms with E-state index in [1.807, 2.05) is 6.07 Å². The molecule has 2 aromatic rings. The summed E-state index contributed by atoms with van der Waals surface area (Å²) in [4.78, 5) is 22.0. The molecule has 1 aromatic carbocycles. The Bertz CT molecular complexity index is 686. The Morgan fingerprint density at radius 1 is 1.29 bits per heavy atom. The van der Waals surface area contributed by atoms with E-state index < -0.39 is 5.97 Å². The summed E-state index contributed by atoms with van der Waals surface area (Å²) in [6, 6.07) is 5.04. The number of piperidine rings is 1. The number of aromatic carboxylic acids is 1. The van der Waals surface area contributed by atoms with Crippen LogP contribution in [0.5, 0.6) is 0 Å². The molecule has 1 fully saturated rings. The third kappa shape index (κ3) is 2.55. The largest absolute Gasteiger partial charge is 0.478 e. The van der Waals surface area contributed by atoms with Gasteiger partial charge in [-0.2, -0.15) is 0 Å². The molecular formula is C16H19N3O2. The summed E-state index contributed by atoms with van der Waals surface area (Å²) >= 11 is 0. The zero-order valence-electron chi connectivity index (χ0n) is 12.3. The highest BCUT2D eigenvalue weighted by molar-refractivity contribution is 5.96. The van der Waals surface area contributed by atoms with Gasteiger partial charge in [0, 0.05) is 18.5 Å². The van der Waals surface area contributed by atoms with Gasteiger partial charge in [-0.15, -0.1) is 0 Å². The maximum atomic E-state index is 11.1. The molecular weight excluding hydrogens is 266 g/mol. The zero-order chi connectivity index (χ0) is 15.0. The van der Waals surface area contributed by atoms with Crippen molar-refractivity contribution >= 4 is 22.7 Å². The van der Waals surface area contributed by atoms with Gasteiger partial charge in [0.1, 0.15) is 12.1 Å². The van der Waals surface area contributed by atoms with Crippen molar-refractivity contribution in [3.05, 3.63) is 30.1 Å². The van der Waals surface area contributed by atoms with Crippen molar-refractivity contribution in [2.45, 2.75) is 20.3 Å². The molecule has 110 valence electrons. The molecule has 0 bridgehead atoms. The quantitative estimate of drug-likeness (QED) is 0.919. The van der Waals surface area contributed by atoms with Crippen LogP contribution < -0.4 is 4.90 Å². The van der Waals surface area contributed by atoms with Crippen molar-refractivity contribution in [1.82, 2.24) is 9.97 Å². The molecule has 1 N–H and O–H groups in total. The Morgan fingerprint density at radius 2 is 2.10 bits per heavy atom. The van der Waals surface area contributed by atoms with E-state index in [1.54, 1.807) is 12.1 Å². The molecule has 0 amide bonds. The lowest BCUT2D eigenvalue weighted by Gasteiger charge is -2.36. The fourth-order valence-corrected chi connectivity index (χ4v) is 2.88. The van der Waals surface area contributed by atoms with Gasteiger partial charge in [0.25, 0.3) is 0 Å². The Labute approximate surface area is 123 Å². The van der Waals surface area contributed by atoms with Crippen molar-refractivity contribution in [3.63, 3.8) is 0 Å². The van der Waals surface area contributed by atoms with Crippen LogP contribution in [0, 0.1) is 11.8 Å². The first-order valence-electron chi connectivity index (χ1n) is 7.29. The van der Waals surface area contributed by atoms with Crippen LogP contribution in [0.2, 0.25) is 0 Å². The number of nitrogens with zero attached hydrogens (tertiary/aromatic N) is 3. The summed E-state index contributed by atoms with van der Waals surface area (Å²) in [5.41, 5.74) is 0.943. The number of carbonyl (C=O) groups is 1. The van der Waals surface area contributed by atoms with Crippen LogP contribution in [-0.2, 0) is 0 Å². The molecule has 1 saturated heterocycles. The van der Waals surface area contributed by atoms with Gasteiger partial charge >= 0.3 is 5.97 Å². The predicted molar refractivity (Wildman–Crippen MR) is 81.7 cm³/mol. The summed E-state index contributed by atoms with van der Waals surface area (Å²) in [5, 5.41) is 9.99. The van der Waals surface area contributed by atoms with E-state index in [0.717, 1.165) is 36.6 Å². The van der Waals surface area contributed by atoms with Crippen LogP contribution in [0.1, 0.15) is 30.6 Å². The van der Waals surface area contributed by atoms with Crippen molar-refractivity contribution in [1.29, 1.82) is 0 Å². The molecule has 1 aromatic heterocycles. The number of hydrogen-bond donors (Lipinski definition) is 1. The highest BCUT2D eigenvalue weighted by Crippen LogP contribution is 2.30. The van der Waals surface area contributed by atoms with E-state index in [1.165, 1.54) is 6.33 Å². The lowest BCUT2D eigenvalue weighted by molar-refractivity contribution is 0.0697. The highest BCUT2D eigenvalue weighted by Gasteiger charge is 2.24. The number of hydrogen-bond acceptors (Lipinski definition) is 4. The summed E-state index contributed by atoms with van der Waals surface area (Å²) in [6.45, 7) is 6.52. The van der Waals surface area contributed by atoms with Gasteiger partial charge in [0.15, 0.2) is 0 Å². The summed E-state index contributed by atoms with van der Waals surface area (Å²) in [5.74, 6) is 1.34. The number of anilines is 1. The molecule has 2 heterocycles. The monoisotopic (exact) mass is 285 g/mol. The molecule has 3 rings (SSSR count). The van der Waals surface area contributed by atoms with E-state index in [4.69, 9.17) is 5.11 Å². The van der Waals surface area contributed by atoms with Crippen LogP contribution >= 0.6 is 0 Å². The Hall–Kier alpha value is -2.17. The summed E-state index contributed by atoms with van der Waals surface area (Å²) in [6.07, 6.45) is 2.67. The number of rotatable bonds is 2. The second-order valence-electron chi connectivity index (χ2n) is 5.92. The van der Waals surface area contributed by atoms with Crippen molar-refractivity contribution in [2.24, 2.45) is 11.8 Å². The fourth-order valence-electron chi connectivity index (χ4n) is 2.88. The first-order valence-corrected chi connectivity index (χ1v) is 7.29. The number of carboxylic acids is 1. The average Bonchev–Trinajstić information content (AvgIpc) is 2.49. The van der Waals surface area contributed by atoms with Gasteiger partial charge in [-0.1, -0.05) is 13.8 Å². The van der Waals surface area contributed by atoms with E-state index in [-0.39, 0.29) is 5.56 Å².